The lowest BCUT2D eigenvalue weighted by Gasteiger charge is -2.12. The highest BCUT2D eigenvalue weighted by molar-refractivity contribution is 5.97. The van der Waals surface area contributed by atoms with E-state index < -0.39 is 11.7 Å². The van der Waals surface area contributed by atoms with Crippen molar-refractivity contribution in [2.45, 2.75) is 51.6 Å². The molecule has 2 heterocycles. The zero-order chi connectivity index (χ0) is 22.9. The van der Waals surface area contributed by atoms with Crippen molar-refractivity contribution in [2.24, 2.45) is 0 Å². The lowest BCUT2D eigenvalue weighted by atomic mass is 9.94. The maximum atomic E-state index is 12.7. The third-order valence-corrected chi connectivity index (χ3v) is 6.64. The quantitative estimate of drug-likeness (QED) is 0.426. The maximum absolute atomic E-state index is 12.7. The van der Waals surface area contributed by atoms with Gasteiger partial charge in [0.15, 0.2) is 0 Å². The summed E-state index contributed by atoms with van der Waals surface area (Å²) < 4.78 is 11.6. The highest BCUT2D eigenvalue weighted by atomic mass is 16.4. The molecule has 0 radical (unpaired) electrons. The maximum Gasteiger partial charge on any atom is 0.339 e. The second-order valence-electron chi connectivity index (χ2n) is 8.78. The van der Waals surface area contributed by atoms with E-state index in [0.717, 1.165) is 58.9 Å². The van der Waals surface area contributed by atoms with Crippen LogP contribution in [0.25, 0.3) is 21.9 Å². The van der Waals surface area contributed by atoms with Crippen LogP contribution in [0.5, 0.6) is 0 Å². The third kappa shape index (κ3) is 4.18. The van der Waals surface area contributed by atoms with Crippen LogP contribution in [-0.2, 0) is 24.1 Å². The lowest BCUT2D eigenvalue weighted by Crippen LogP contribution is -2.29. The van der Waals surface area contributed by atoms with E-state index in [1.165, 1.54) is 5.56 Å². The molecule has 1 amide bonds. The normalized spacial score (nSPS) is 14.4. The fraction of sp³-hybridized carbons (Fsp3) is 0.333. The van der Waals surface area contributed by atoms with Crippen LogP contribution in [0.4, 0.5) is 0 Å². The summed E-state index contributed by atoms with van der Waals surface area (Å²) in [5, 5.41) is 14.9. The zero-order valence-electron chi connectivity index (χ0n) is 18.6. The van der Waals surface area contributed by atoms with Crippen LogP contribution < -0.4 is 10.9 Å². The van der Waals surface area contributed by atoms with Gasteiger partial charge in [0.2, 0.25) is 5.91 Å². The van der Waals surface area contributed by atoms with E-state index in [1.807, 2.05) is 43.3 Å². The first-order chi connectivity index (χ1) is 16.0. The van der Waals surface area contributed by atoms with Crippen molar-refractivity contribution in [3.8, 4) is 0 Å². The van der Waals surface area contributed by atoms with E-state index in [-0.39, 0.29) is 25.3 Å². The number of rotatable bonds is 6. The van der Waals surface area contributed by atoms with Crippen molar-refractivity contribution >= 4 is 27.8 Å². The summed E-state index contributed by atoms with van der Waals surface area (Å²) >= 11 is 0. The highest BCUT2D eigenvalue weighted by Crippen LogP contribution is 2.35. The minimum absolute atomic E-state index is 0.123. The summed E-state index contributed by atoms with van der Waals surface area (Å²) in [5.74, 6) is 0.823. The molecule has 0 fully saturated rings. The minimum Gasteiger partial charge on any atom is -0.461 e. The van der Waals surface area contributed by atoms with Crippen molar-refractivity contribution in [3.63, 3.8) is 0 Å². The Morgan fingerprint density at radius 2 is 1.82 bits per heavy atom. The van der Waals surface area contributed by atoms with E-state index in [9.17, 15) is 14.7 Å². The predicted octanol–water partition coefficient (Wildman–Crippen LogP) is 4.51. The van der Waals surface area contributed by atoms with Crippen molar-refractivity contribution in [1.29, 1.82) is 0 Å². The van der Waals surface area contributed by atoms with Crippen LogP contribution in [0.2, 0.25) is 0 Å². The molecule has 4 aromatic rings. The standard InChI is InChI=1S/C27H27NO5/c1-16-18(11-12-26(30)28-15-22(29)17-7-3-2-4-8-17)27(31)33-24-14-25-21(13-20(16)24)19-9-5-6-10-23(19)32-25/h2-4,7-8,13-14,22,29H,5-6,9-12,15H2,1H3,(H,28,30)/t22-/m0/s1. The molecule has 0 spiro atoms. The Bertz CT molecular complexity index is 1380. The van der Waals surface area contributed by atoms with Crippen LogP contribution >= 0.6 is 0 Å². The molecular weight excluding hydrogens is 418 g/mol. The van der Waals surface area contributed by atoms with Gasteiger partial charge in [0.25, 0.3) is 0 Å². The summed E-state index contributed by atoms with van der Waals surface area (Å²) in [4.78, 5) is 25.1. The number of aliphatic hydroxyl groups excluding tert-OH is 1. The number of aryl methyl sites for hydroxylation is 3. The van der Waals surface area contributed by atoms with Gasteiger partial charge in [-0.2, -0.15) is 0 Å². The number of hydrogen-bond donors (Lipinski definition) is 2. The summed E-state index contributed by atoms with van der Waals surface area (Å²) in [6.07, 6.45) is 3.89. The number of hydrogen-bond acceptors (Lipinski definition) is 5. The Hall–Kier alpha value is -3.38. The van der Waals surface area contributed by atoms with Gasteiger partial charge in [0.1, 0.15) is 16.9 Å². The fourth-order valence-electron chi connectivity index (χ4n) is 4.76. The molecule has 0 saturated heterocycles. The van der Waals surface area contributed by atoms with Gasteiger partial charge >= 0.3 is 5.63 Å². The van der Waals surface area contributed by atoms with Gasteiger partial charge in [-0.15, -0.1) is 0 Å². The Labute approximate surface area is 191 Å². The second-order valence-corrected chi connectivity index (χ2v) is 8.78. The largest absolute Gasteiger partial charge is 0.461 e. The molecule has 0 aliphatic heterocycles. The number of carbonyl (C=O) groups is 1. The Balaban J connectivity index is 1.34. The van der Waals surface area contributed by atoms with E-state index >= 15 is 0 Å². The molecule has 2 aromatic heterocycles. The van der Waals surface area contributed by atoms with Gasteiger partial charge in [-0.05, 0) is 49.8 Å². The van der Waals surface area contributed by atoms with Crippen LogP contribution in [0.3, 0.4) is 0 Å². The number of amides is 1. The summed E-state index contributed by atoms with van der Waals surface area (Å²) in [7, 11) is 0. The first-order valence-electron chi connectivity index (χ1n) is 11.5. The van der Waals surface area contributed by atoms with Crippen LogP contribution in [0.1, 0.15) is 53.4 Å². The molecular formula is C27H27NO5. The molecule has 0 bridgehead atoms. The second kappa shape index (κ2) is 8.87. The van der Waals surface area contributed by atoms with E-state index in [1.54, 1.807) is 0 Å². The van der Waals surface area contributed by atoms with Crippen molar-refractivity contribution in [3.05, 3.63) is 80.9 Å². The smallest absolute Gasteiger partial charge is 0.339 e. The molecule has 1 aliphatic rings. The molecule has 1 aliphatic carbocycles. The molecule has 6 heteroatoms. The number of furan rings is 1. The Morgan fingerprint density at radius 1 is 1.06 bits per heavy atom. The van der Waals surface area contributed by atoms with Crippen LogP contribution in [0, 0.1) is 6.92 Å². The molecule has 170 valence electrons. The van der Waals surface area contributed by atoms with Gasteiger partial charge in [-0.25, -0.2) is 4.79 Å². The fourth-order valence-corrected chi connectivity index (χ4v) is 4.76. The number of nitrogens with one attached hydrogen (secondary N) is 1. The highest BCUT2D eigenvalue weighted by Gasteiger charge is 2.20. The molecule has 2 N–H and O–H groups in total. The topological polar surface area (TPSA) is 92.7 Å². The lowest BCUT2D eigenvalue weighted by molar-refractivity contribution is -0.121. The van der Waals surface area contributed by atoms with Gasteiger partial charge in [-0.1, -0.05) is 30.3 Å². The molecule has 2 aromatic carbocycles. The summed E-state index contributed by atoms with van der Waals surface area (Å²) in [6.45, 7) is 2.03. The number of benzene rings is 2. The first kappa shape index (κ1) is 21.5. The predicted molar refractivity (Wildman–Crippen MR) is 126 cm³/mol. The van der Waals surface area contributed by atoms with Crippen molar-refractivity contribution < 1.29 is 18.7 Å². The third-order valence-electron chi connectivity index (χ3n) is 6.64. The average Bonchev–Trinajstić information content (AvgIpc) is 3.19. The number of fused-ring (bicyclic) bond motifs is 4. The average molecular weight is 446 g/mol. The molecule has 6 nitrogen and oxygen atoms in total. The Kier molecular flexibility index (Phi) is 5.77. The molecule has 1 atom stereocenters. The molecule has 33 heavy (non-hydrogen) atoms. The van der Waals surface area contributed by atoms with Crippen LogP contribution in [-0.4, -0.2) is 17.6 Å². The van der Waals surface area contributed by atoms with Crippen LogP contribution in [0.15, 0.2) is 56.1 Å². The van der Waals surface area contributed by atoms with Gasteiger partial charge < -0.3 is 19.3 Å². The Morgan fingerprint density at radius 3 is 2.64 bits per heavy atom. The van der Waals surface area contributed by atoms with Gasteiger partial charge in [0.05, 0.1) is 6.10 Å². The van der Waals surface area contributed by atoms with E-state index in [0.29, 0.717) is 11.1 Å². The monoisotopic (exact) mass is 445 g/mol. The zero-order valence-corrected chi connectivity index (χ0v) is 18.6. The van der Waals surface area contributed by atoms with Crippen molar-refractivity contribution in [1.82, 2.24) is 5.32 Å². The SMILES string of the molecule is Cc1c(CCC(=O)NC[C@H](O)c2ccccc2)c(=O)oc2cc3oc4c(c3cc12)CCCC4. The van der Waals surface area contributed by atoms with Crippen molar-refractivity contribution in [2.75, 3.05) is 6.54 Å². The van der Waals surface area contributed by atoms with Gasteiger partial charge in [-0.3, -0.25) is 4.79 Å². The molecule has 5 rings (SSSR count). The number of aliphatic hydroxyl groups is 1. The molecule has 0 saturated carbocycles. The summed E-state index contributed by atoms with van der Waals surface area (Å²) in [5.41, 5.74) is 4.21. The summed E-state index contributed by atoms with van der Waals surface area (Å²) in [6, 6.07) is 13.1. The number of carbonyl (C=O) groups excluding carboxylic acids is 1. The van der Waals surface area contributed by atoms with E-state index in [4.69, 9.17) is 8.83 Å². The van der Waals surface area contributed by atoms with E-state index in [2.05, 4.69) is 11.4 Å². The molecule has 0 unspecified atom stereocenters. The van der Waals surface area contributed by atoms with Gasteiger partial charge in [0, 0.05) is 47.4 Å². The minimum atomic E-state index is -0.772. The first-order valence-corrected chi connectivity index (χ1v) is 11.5.